The highest BCUT2D eigenvalue weighted by Crippen LogP contribution is 2.33. The first-order chi connectivity index (χ1) is 10.3. The molecule has 2 fully saturated rings. The minimum atomic E-state index is 0.795. The summed E-state index contributed by atoms with van der Waals surface area (Å²) in [6, 6.07) is 8.98. The van der Waals surface area contributed by atoms with Crippen LogP contribution in [0.2, 0.25) is 0 Å². The van der Waals surface area contributed by atoms with Crippen molar-refractivity contribution in [3.8, 4) is 5.75 Å². The quantitative estimate of drug-likeness (QED) is 0.727. The third-order valence-electron chi connectivity index (χ3n) is 4.88. The molecule has 0 aliphatic heterocycles. The smallest absolute Gasteiger partial charge is 0.119 e. The molecule has 1 unspecified atom stereocenters. The van der Waals surface area contributed by atoms with Gasteiger partial charge < -0.3 is 10.1 Å². The van der Waals surface area contributed by atoms with Gasteiger partial charge in [0.05, 0.1) is 6.61 Å². The summed E-state index contributed by atoms with van der Waals surface area (Å²) in [7, 11) is 0. The summed E-state index contributed by atoms with van der Waals surface area (Å²) in [5, 5.41) is 3.73. The molecule has 21 heavy (non-hydrogen) atoms. The van der Waals surface area contributed by atoms with Crippen LogP contribution in [0.15, 0.2) is 28.7 Å². The van der Waals surface area contributed by atoms with E-state index >= 15 is 0 Å². The van der Waals surface area contributed by atoms with Crippen molar-refractivity contribution in [2.24, 2.45) is 11.8 Å². The summed E-state index contributed by atoms with van der Waals surface area (Å²) in [5.41, 5.74) is 0. The summed E-state index contributed by atoms with van der Waals surface area (Å²) in [4.78, 5) is 0. The first kappa shape index (κ1) is 15.4. The average molecular weight is 352 g/mol. The van der Waals surface area contributed by atoms with Gasteiger partial charge in [-0.05, 0) is 61.9 Å². The van der Waals surface area contributed by atoms with Gasteiger partial charge in [0.25, 0.3) is 0 Å². The molecule has 3 rings (SSSR count). The van der Waals surface area contributed by atoms with Gasteiger partial charge in [0.2, 0.25) is 0 Å². The van der Waals surface area contributed by atoms with Gasteiger partial charge in [-0.15, -0.1) is 0 Å². The summed E-state index contributed by atoms with van der Waals surface area (Å²) < 4.78 is 7.03. The Morgan fingerprint density at radius 2 is 1.81 bits per heavy atom. The molecular weight excluding hydrogens is 326 g/mol. The fraction of sp³-hybridized carbons (Fsp3) is 0.667. The van der Waals surface area contributed by atoms with Gasteiger partial charge in [-0.1, -0.05) is 41.6 Å². The number of ether oxygens (including phenoxy) is 1. The molecule has 1 atom stereocenters. The molecule has 0 spiro atoms. The van der Waals surface area contributed by atoms with E-state index in [9.17, 15) is 0 Å². The van der Waals surface area contributed by atoms with Gasteiger partial charge in [0, 0.05) is 10.5 Å². The van der Waals surface area contributed by atoms with E-state index in [1.807, 2.05) is 24.3 Å². The number of halogens is 1. The highest BCUT2D eigenvalue weighted by Gasteiger charge is 2.27. The monoisotopic (exact) mass is 351 g/mol. The lowest BCUT2D eigenvalue weighted by atomic mass is 9.88. The summed E-state index contributed by atoms with van der Waals surface area (Å²) in [5.74, 6) is 2.70. The highest BCUT2D eigenvalue weighted by atomic mass is 79.9. The number of benzene rings is 1. The van der Waals surface area contributed by atoms with Crippen molar-refractivity contribution < 1.29 is 4.74 Å². The number of nitrogens with one attached hydrogen (secondary N) is 1. The zero-order valence-corrected chi connectivity index (χ0v) is 14.3. The van der Waals surface area contributed by atoms with E-state index < -0.39 is 0 Å². The third-order valence-corrected chi connectivity index (χ3v) is 5.41. The van der Waals surface area contributed by atoms with Crippen LogP contribution in [0.4, 0.5) is 0 Å². The van der Waals surface area contributed by atoms with Crippen LogP contribution in [-0.2, 0) is 0 Å². The fourth-order valence-corrected chi connectivity index (χ4v) is 3.66. The number of rotatable bonds is 8. The molecule has 2 nitrogen and oxygen atoms in total. The topological polar surface area (TPSA) is 21.3 Å². The molecule has 2 aliphatic carbocycles. The normalized spacial score (nSPS) is 20.6. The summed E-state index contributed by atoms with van der Waals surface area (Å²) in [6.45, 7) is 2.04. The second-order valence-electron chi connectivity index (χ2n) is 6.58. The molecule has 0 radical (unpaired) electrons. The van der Waals surface area contributed by atoms with Crippen molar-refractivity contribution in [2.45, 2.75) is 51.0 Å². The molecule has 1 N–H and O–H groups in total. The van der Waals surface area contributed by atoms with E-state index in [1.165, 1.54) is 51.5 Å². The van der Waals surface area contributed by atoms with Crippen LogP contribution in [0.5, 0.6) is 5.75 Å². The Kier molecular flexibility index (Phi) is 5.59. The predicted octanol–water partition coefficient (Wildman–Crippen LogP) is 4.78. The minimum Gasteiger partial charge on any atom is -0.494 e. The molecule has 1 aromatic carbocycles. The van der Waals surface area contributed by atoms with Crippen LogP contribution in [0.25, 0.3) is 0 Å². The highest BCUT2D eigenvalue weighted by molar-refractivity contribution is 9.10. The Balaban J connectivity index is 1.44. The maximum absolute atomic E-state index is 5.92. The van der Waals surface area contributed by atoms with Gasteiger partial charge in [-0.2, -0.15) is 0 Å². The number of hydrogen-bond donors (Lipinski definition) is 1. The van der Waals surface area contributed by atoms with E-state index in [0.717, 1.165) is 34.7 Å². The lowest BCUT2D eigenvalue weighted by Crippen LogP contribution is -2.30. The van der Waals surface area contributed by atoms with Gasteiger partial charge in [0.15, 0.2) is 0 Å². The third kappa shape index (κ3) is 5.00. The van der Waals surface area contributed by atoms with Crippen LogP contribution in [0.1, 0.15) is 44.9 Å². The molecule has 2 aliphatic rings. The molecule has 3 heteroatoms. The van der Waals surface area contributed by atoms with E-state index in [-0.39, 0.29) is 0 Å². The lowest BCUT2D eigenvalue weighted by Gasteiger charge is -2.24. The molecule has 0 amide bonds. The average Bonchev–Trinajstić information content (AvgIpc) is 3.16. The first-order valence-electron chi connectivity index (χ1n) is 8.43. The standard InChI is InChI=1S/C18H26BrNO/c19-16-5-9-18(10-6-16)21-12-11-15(13-20-17-7-8-17)14-3-1-2-4-14/h5-6,9-10,14-15,17,20H,1-4,7-8,11-13H2. The molecular formula is C18H26BrNO. The Labute approximate surface area is 136 Å². The Bertz CT molecular complexity index is 423. The molecule has 0 saturated heterocycles. The summed E-state index contributed by atoms with van der Waals surface area (Å²) >= 11 is 3.46. The predicted molar refractivity (Wildman–Crippen MR) is 90.7 cm³/mol. The number of hydrogen-bond acceptors (Lipinski definition) is 2. The Morgan fingerprint density at radius 3 is 2.48 bits per heavy atom. The molecule has 116 valence electrons. The van der Waals surface area contributed by atoms with Crippen molar-refractivity contribution in [2.75, 3.05) is 13.2 Å². The van der Waals surface area contributed by atoms with E-state index in [4.69, 9.17) is 4.74 Å². The second kappa shape index (κ2) is 7.64. The molecule has 0 heterocycles. The van der Waals surface area contributed by atoms with Gasteiger partial charge >= 0.3 is 0 Å². The van der Waals surface area contributed by atoms with Gasteiger partial charge in [0.1, 0.15) is 5.75 Å². The second-order valence-corrected chi connectivity index (χ2v) is 7.49. The first-order valence-corrected chi connectivity index (χ1v) is 9.22. The maximum atomic E-state index is 5.92. The SMILES string of the molecule is Brc1ccc(OCCC(CNC2CC2)C2CCCC2)cc1. The largest absolute Gasteiger partial charge is 0.494 e. The van der Waals surface area contributed by atoms with Gasteiger partial charge in [-0.25, -0.2) is 0 Å². The lowest BCUT2D eigenvalue weighted by molar-refractivity contribution is 0.229. The zero-order valence-electron chi connectivity index (χ0n) is 12.7. The van der Waals surface area contributed by atoms with Crippen LogP contribution in [0, 0.1) is 11.8 Å². The molecule has 1 aromatic rings. The molecule has 2 saturated carbocycles. The summed E-state index contributed by atoms with van der Waals surface area (Å²) in [6.07, 6.45) is 9.65. The van der Waals surface area contributed by atoms with E-state index in [0.29, 0.717) is 0 Å². The van der Waals surface area contributed by atoms with E-state index in [1.54, 1.807) is 0 Å². The minimum absolute atomic E-state index is 0.795. The van der Waals surface area contributed by atoms with E-state index in [2.05, 4.69) is 21.2 Å². The van der Waals surface area contributed by atoms with Crippen molar-refractivity contribution in [3.63, 3.8) is 0 Å². The molecule has 0 bridgehead atoms. The van der Waals surface area contributed by atoms with Crippen molar-refractivity contribution in [1.82, 2.24) is 5.32 Å². The van der Waals surface area contributed by atoms with Crippen LogP contribution >= 0.6 is 15.9 Å². The van der Waals surface area contributed by atoms with Crippen molar-refractivity contribution in [1.29, 1.82) is 0 Å². The Hall–Kier alpha value is -0.540. The fourth-order valence-electron chi connectivity index (χ4n) is 3.40. The van der Waals surface area contributed by atoms with Crippen LogP contribution < -0.4 is 10.1 Å². The van der Waals surface area contributed by atoms with Crippen LogP contribution in [0.3, 0.4) is 0 Å². The van der Waals surface area contributed by atoms with Crippen molar-refractivity contribution >= 4 is 15.9 Å². The Morgan fingerprint density at radius 1 is 1.10 bits per heavy atom. The zero-order chi connectivity index (χ0) is 14.5. The van der Waals surface area contributed by atoms with Crippen LogP contribution in [-0.4, -0.2) is 19.2 Å². The van der Waals surface area contributed by atoms with Crippen molar-refractivity contribution in [3.05, 3.63) is 28.7 Å². The molecule has 0 aromatic heterocycles. The maximum Gasteiger partial charge on any atom is 0.119 e. The van der Waals surface area contributed by atoms with Gasteiger partial charge in [-0.3, -0.25) is 0 Å².